The van der Waals surface area contributed by atoms with Crippen LogP contribution in [0.2, 0.25) is 0 Å². The van der Waals surface area contributed by atoms with Gasteiger partial charge in [0.2, 0.25) is 0 Å². The average molecular weight is 359 g/mol. The van der Waals surface area contributed by atoms with E-state index in [0.29, 0.717) is 16.6 Å². The van der Waals surface area contributed by atoms with Crippen LogP contribution in [0, 0.1) is 5.82 Å². The maximum atomic E-state index is 13.0. The second kappa shape index (κ2) is 7.41. The minimum absolute atomic E-state index is 0.276. The van der Waals surface area contributed by atoms with Crippen molar-refractivity contribution in [3.8, 4) is 0 Å². The lowest BCUT2D eigenvalue weighted by molar-refractivity contribution is 0.601. The SMILES string of the molecule is CC(=Nc1ccc(F)cc1)c1cnc(N2CC(SN(C)C)C2)cc1N. The van der Waals surface area contributed by atoms with Crippen molar-refractivity contribution < 1.29 is 4.39 Å². The molecule has 1 saturated heterocycles. The molecule has 2 heterocycles. The van der Waals surface area contributed by atoms with E-state index in [0.717, 1.165) is 30.2 Å². The average Bonchev–Trinajstić information content (AvgIpc) is 2.52. The molecule has 25 heavy (non-hydrogen) atoms. The molecule has 3 rings (SSSR count). The molecule has 0 radical (unpaired) electrons. The number of aliphatic imine (C=N–C) groups is 1. The first kappa shape index (κ1) is 17.7. The zero-order valence-electron chi connectivity index (χ0n) is 14.6. The molecule has 5 nitrogen and oxygen atoms in total. The Labute approximate surface area is 151 Å². The van der Waals surface area contributed by atoms with Crippen LogP contribution in [-0.2, 0) is 0 Å². The lowest BCUT2D eigenvalue weighted by Gasteiger charge is -2.40. The molecular formula is C18H22FN5S. The Bertz CT molecular complexity index is 770. The van der Waals surface area contributed by atoms with Gasteiger partial charge in [0.05, 0.1) is 10.9 Å². The summed E-state index contributed by atoms with van der Waals surface area (Å²) in [6, 6.07) is 7.96. The van der Waals surface area contributed by atoms with Crippen molar-refractivity contribution >= 4 is 34.9 Å². The molecule has 0 unspecified atom stereocenters. The second-order valence-electron chi connectivity index (χ2n) is 6.25. The van der Waals surface area contributed by atoms with Crippen molar-refractivity contribution in [1.82, 2.24) is 9.29 Å². The lowest BCUT2D eigenvalue weighted by Crippen LogP contribution is -2.50. The predicted octanol–water partition coefficient (Wildman–Crippen LogP) is 3.34. The zero-order chi connectivity index (χ0) is 18.0. The number of aromatic nitrogens is 1. The highest BCUT2D eigenvalue weighted by atomic mass is 32.2. The van der Waals surface area contributed by atoms with E-state index in [1.54, 1.807) is 18.3 Å². The first-order valence-electron chi connectivity index (χ1n) is 8.08. The number of hydrogen-bond donors (Lipinski definition) is 1. The van der Waals surface area contributed by atoms with Gasteiger partial charge in [-0.2, -0.15) is 0 Å². The predicted molar refractivity (Wildman–Crippen MR) is 104 cm³/mol. The van der Waals surface area contributed by atoms with Gasteiger partial charge in [-0.3, -0.25) is 9.30 Å². The Balaban J connectivity index is 1.71. The van der Waals surface area contributed by atoms with Gasteiger partial charge < -0.3 is 10.6 Å². The molecule has 0 saturated carbocycles. The summed E-state index contributed by atoms with van der Waals surface area (Å²) >= 11 is 1.84. The van der Waals surface area contributed by atoms with Gasteiger partial charge in [0, 0.05) is 42.3 Å². The van der Waals surface area contributed by atoms with Gasteiger partial charge >= 0.3 is 0 Å². The molecule has 1 aromatic heterocycles. The second-order valence-corrected chi connectivity index (χ2v) is 7.86. The number of benzene rings is 1. The van der Waals surface area contributed by atoms with E-state index < -0.39 is 0 Å². The number of halogens is 1. The highest BCUT2D eigenvalue weighted by Gasteiger charge is 2.29. The topological polar surface area (TPSA) is 57.8 Å². The third kappa shape index (κ3) is 4.29. The fourth-order valence-corrected chi connectivity index (χ4v) is 3.78. The first-order valence-corrected chi connectivity index (χ1v) is 8.92. The highest BCUT2D eigenvalue weighted by molar-refractivity contribution is 7.97. The summed E-state index contributed by atoms with van der Waals surface area (Å²) in [7, 11) is 4.11. The van der Waals surface area contributed by atoms with Crippen molar-refractivity contribution in [3.05, 3.63) is 47.9 Å². The Morgan fingerprint density at radius 2 is 2.00 bits per heavy atom. The van der Waals surface area contributed by atoms with Gasteiger partial charge in [0.15, 0.2) is 0 Å². The van der Waals surface area contributed by atoms with Crippen molar-refractivity contribution in [2.24, 2.45) is 4.99 Å². The van der Waals surface area contributed by atoms with Gasteiger partial charge in [-0.15, -0.1) is 0 Å². The van der Waals surface area contributed by atoms with Crippen molar-refractivity contribution in [2.75, 3.05) is 37.8 Å². The van der Waals surface area contributed by atoms with Crippen molar-refractivity contribution in [2.45, 2.75) is 12.2 Å². The summed E-state index contributed by atoms with van der Waals surface area (Å²) in [6.45, 7) is 3.82. The Morgan fingerprint density at radius 1 is 1.32 bits per heavy atom. The summed E-state index contributed by atoms with van der Waals surface area (Å²) < 4.78 is 15.1. The van der Waals surface area contributed by atoms with Crippen LogP contribution in [0.25, 0.3) is 0 Å². The molecule has 0 spiro atoms. The number of hydrogen-bond acceptors (Lipinski definition) is 6. The summed E-state index contributed by atoms with van der Waals surface area (Å²) in [6.07, 6.45) is 1.76. The minimum Gasteiger partial charge on any atom is -0.398 e. The van der Waals surface area contributed by atoms with Crippen LogP contribution in [0.5, 0.6) is 0 Å². The number of pyridine rings is 1. The molecule has 2 N–H and O–H groups in total. The Morgan fingerprint density at radius 3 is 2.60 bits per heavy atom. The van der Waals surface area contributed by atoms with Gasteiger partial charge in [0.25, 0.3) is 0 Å². The normalized spacial score (nSPS) is 15.6. The summed E-state index contributed by atoms with van der Waals surface area (Å²) in [4.78, 5) is 11.2. The molecule has 0 aliphatic carbocycles. The summed E-state index contributed by atoms with van der Waals surface area (Å²) in [5.41, 5.74) is 9.11. The van der Waals surface area contributed by atoms with Crippen molar-refractivity contribution in [1.29, 1.82) is 0 Å². The van der Waals surface area contributed by atoms with E-state index in [9.17, 15) is 4.39 Å². The third-order valence-corrected chi connectivity index (χ3v) is 4.98. The van der Waals surface area contributed by atoms with E-state index in [1.807, 2.05) is 24.9 Å². The molecule has 1 aromatic carbocycles. The fourth-order valence-electron chi connectivity index (χ4n) is 2.69. The van der Waals surface area contributed by atoms with Gasteiger partial charge in [-0.1, -0.05) is 11.9 Å². The minimum atomic E-state index is -0.276. The number of nitrogens with zero attached hydrogens (tertiary/aromatic N) is 4. The maximum Gasteiger partial charge on any atom is 0.130 e. The van der Waals surface area contributed by atoms with Crippen LogP contribution in [0.4, 0.5) is 21.6 Å². The quantitative estimate of drug-likeness (QED) is 0.655. The fraction of sp³-hybridized carbons (Fsp3) is 0.333. The lowest BCUT2D eigenvalue weighted by atomic mass is 10.1. The molecule has 132 valence electrons. The third-order valence-electron chi connectivity index (χ3n) is 3.97. The molecule has 7 heteroatoms. The molecule has 1 aliphatic rings. The number of rotatable bonds is 5. The van der Waals surface area contributed by atoms with Crippen molar-refractivity contribution in [3.63, 3.8) is 0 Å². The molecule has 0 atom stereocenters. The number of nitrogen functional groups attached to an aromatic ring is 1. The van der Waals surface area contributed by atoms with E-state index in [1.165, 1.54) is 12.1 Å². The number of anilines is 2. The molecule has 1 fully saturated rings. The van der Waals surface area contributed by atoms with E-state index in [4.69, 9.17) is 5.73 Å². The zero-order valence-corrected chi connectivity index (χ0v) is 15.4. The molecular weight excluding hydrogens is 337 g/mol. The smallest absolute Gasteiger partial charge is 0.130 e. The monoisotopic (exact) mass is 359 g/mol. The van der Waals surface area contributed by atoms with E-state index in [-0.39, 0.29) is 5.82 Å². The van der Waals surface area contributed by atoms with E-state index in [2.05, 4.69) is 33.3 Å². The molecule has 2 aromatic rings. The van der Waals surface area contributed by atoms with Crippen LogP contribution in [0.1, 0.15) is 12.5 Å². The molecule has 1 aliphatic heterocycles. The first-order chi connectivity index (χ1) is 11.9. The van der Waals surface area contributed by atoms with Gasteiger partial charge in [-0.25, -0.2) is 9.37 Å². The molecule has 0 bridgehead atoms. The van der Waals surface area contributed by atoms with Crippen LogP contribution < -0.4 is 10.6 Å². The standard InChI is InChI=1S/C18H22FN5S/c1-12(22-14-6-4-13(19)5-7-14)16-9-21-18(8-17(16)20)24-10-15(11-24)25-23(2)3/h4-9,15H,10-11H2,1-3H3,(H2,20,21). The van der Waals surface area contributed by atoms with Crippen LogP contribution >= 0.6 is 11.9 Å². The Kier molecular flexibility index (Phi) is 5.24. The Hall–Kier alpha value is -2.12. The summed E-state index contributed by atoms with van der Waals surface area (Å²) in [5, 5.41) is 0.597. The van der Waals surface area contributed by atoms with Crippen LogP contribution in [-0.4, -0.2) is 47.4 Å². The molecule has 0 amide bonds. The largest absolute Gasteiger partial charge is 0.398 e. The van der Waals surface area contributed by atoms with E-state index >= 15 is 0 Å². The maximum absolute atomic E-state index is 13.0. The van der Waals surface area contributed by atoms with Crippen LogP contribution in [0.3, 0.4) is 0 Å². The van der Waals surface area contributed by atoms with Crippen LogP contribution in [0.15, 0.2) is 41.5 Å². The number of nitrogens with two attached hydrogens (primary N) is 1. The summed E-state index contributed by atoms with van der Waals surface area (Å²) in [5.74, 6) is 0.619. The van der Waals surface area contributed by atoms with Gasteiger partial charge in [0.1, 0.15) is 11.6 Å². The highest BCUT2D eigenvalue weighted by Crippen LogP contribution is 2.29. The van der Waals surface area contributed by atoms with Gasteiger partial charge in [-0.05, 0) is 45.3 Å².